The molecule has 1 N–H and O–H groups in total. The van der Waals surface area contributed by atoms with Gasteiger partial charge in [0.05, 0.1) is 18.2 Å². The first-order valence-corrected chi connectivity index (χ1v) is 7.40. The first kappa shape index (κ1) is 17.3. The van der Waals surface area contributed by atoms with Crippen LogP contribution in [0.2, 0.25) is 0 Å². The van der Waals surface area contributed by atoms with Crippen molar-refractivity contribution in [3.63, 3.8) is 0 Å². The molecule has 4 nitrogen and oxygen atoms in total. The fourth-order valence-electron chi connectivity index (χ4n) is 1.61. The Morgan fingerprint density at radius 1 is 1.15 bits per heavy atom. The van der Waals surface area contributed by atoms with Crippen molar-refractivity contribution in [1.29, 1.82) is 0 Å². The van der Waals surface area contributed by atoms with Crippen molar-refractivity contribution < 1.29 is 14.2 Å². The zero-order chi connectivity index (χ0) is 15.2. The topological polar surface area (TPSA) is 39.7 Å². The third-order valence-electron chi connectivity index (χ3n) is 2.65. The Bertz CT molecular complexity index is 430. The van der Waals surface area contributed by atoms with Crippen molar-refractivity contribution in [1.82, 2.24) is 5.32 Å². The number of nitrogens with one attached hydrogen (secondary N) is 1. The Labute approximate surface area is 129 Å². The number of benzene rings is 1. The van der Waals surface area contributed by atoms with Gasteiger partial charge in [0.25, 0.3) is 0 Å². The lowest BCUT2D eigenvalue weighted by molar-refractivity contribution is 0.143. The summed E-state index contributed by atoms with van der Waals surface area (Å²) in [5.41, 5.74) is 1.22. The van der Waals surface area contributed by atoms with E-state index in [0.29, 0.717) is 19.0 Å². The van der Waals surface area contributed by atoms with E-state index < -0.39 is 0 Å². The molecule has 0 fully saturated rings. The summed E-state index contributed by atoms with van der Waals surface area (Å²) in [7, 11) is 3.29. The molecule has 0 radical (unpaired) electrons. The summed E-state index contributed by atoms with van der Waals surface area (Å²) in [6, 6.07) is 4.04. The molecule has 1 rings (SSSR count). The number of hydrogen-bond acceptors (Lipinski definition) is 4. The van der Waals surface area contributed by atoms with Crippen LogP contribution in [0.3, 0.4) is 0 Å². The van der Waals surface area contributed by atoms with Gasteiger partial charge in [0.15, 0.2) is 11.5 Å². The molecule has 0 saturated heterocycles. The third kappa shape index (κ3) is 5.69. The molecule has 0 aliphatic carbocycles. The Hall–Kier alpha value is -0.780. The minimum Gasteiger partial charge on any atom is -0.493 e. The molecule has 0 aromatic heterocycles. The summed E-state index contributed by atoms with van der Waals surface area (Å²) in [6.45, 7) is 8.23. The van der Waals surface area contributed by atoms with Crippen LogP contribution in [0.4, 0.5) is 0 Å². The second-order valence-electron chi connectivity index (χ2n) is 5.55. The Kier molecular flexibility index (Phi) is 6.79. The number of hydrogen-bond donors (Lipinski definition) is 1. The molecule has 0 bridgehead atoms. The normalized spacial score (nSPS) is 11.5. The van der Waals surface area contributed by atoms with Crippen LogP contribution < -0.4 is 14.8 Å². The summed E-state index contributed by atoms with van der Waals surface area (Å²) >= 11 is 3.54. The van der Waals surface area contributed by atoms with Crippen molar-refractivity contribution in [2.75, 3.05) is 27.4 Å². The minimum atomic E-state index is 0.0767. The van der Waals surface area contributed by atoms with Crippen LogP contribution in [-0.4, -0.2) is 33.0 Å². The quantitative estimate of drug-likeness (QED) is 0.769. The maximum absolute atomic E-state index is 5.68. The molecule has 0 amide bonds. The molecule has 0 saturated carbocycles. The van der Waals surface area contributed by atoms with E-state index in [9.17, 15) is 0 Å². The van der Waals surface area contributed by atoms with Crippen molar-refractivity contribution in [2.24, 2.45) is 0 Å². The van der Waals surface area contributed by atoms with Gasteiger partial charge in [-0.25, -0.2) is 0 Å². The summed E-state index contributed by atoms with van der Waals surface area (Å²) in [4.78, 5) is 0. The van der Waals surface area contributed by atoms with E-state index in [2.05, 4.69) is 42.0 Å². The zero-order valence-corrected chi connectivity index (χ0v) is 14.5. The molecule has 1 aromatic rings. The van der Waals surface area contributed by atoms with E-state index >= 15 is 0 Å². The number of rotatable bonds is 7. The highest BCUT2D eigenvalue weighted by molar-refractivity contribution is 9.10. The largest absolute Gasteiger partial charge is 0.493 e. The molecule has 20 heavy (non-hydrogen) atoms. The molecule has 114 valence electrons. The number of methoxy groups -OCH3 is 2. The second kappa shape index (κ2) is 7.86. The van der Waals surface area contributed by atoms with Crippen LogP contribution in [0.1, 0.15) is 26.3 Å². The molecule has 0 heterocycles. The number of halogens is 1. The smallest absolute Gasteiger partial charge is 0.175 e. The van der Waals surface area contributed by atoms with Gasteiger partial charge in [0.2, 0.25) is 0 Å². The molecule has 5 heteroatoms. The van der Waals surface area contributed by atoms with Crippen LogP contribution in [0.25, 0.3) is 0 Å². The Balaban J connectivity index is 2.83. The Morgan fingerprint density at radius 2 is 1.85 bits per heavy atom. The van der Waals surface area contributed by atoms with Crippen LogP contribution >= 0.6 is 15.9 Å². The molecule has 0 atom stereocenters. The summed E-state index contributed by atoms with van der Waals surface area (Å²) in [5, 5.41) is 3.45. The van der Waals surface area contributed by atoms with Gasteiger partial charge in [0, 0.05) is 19.2 Å². The monoisotopic (exact) mass is 345 g/mol. The highest BCUT2D eigenvalue weighted by atomic mass is 79.9. The molecule has 0 spiro atoms. The maximum Gasteiger partial charge on any atom is 0.175 e. The summed E-state index contributed by atoms with van der Waals surface area (Å²) < 4.78 is 17.0. The van der Waals surface area contributed by atoms with E-state index in [1.165, 1.54) is 0 Å². The average molecular weight is 346 g/mol. The van der Waals surface area contributed by atoms with E-state index in [-0.39, 0.29) is 5.54 Å². The lowest BCUT2D eigenvalue weighted by Crippen LogP contribution is -2.35. The molecule has 0 unspecified atom stereocenters. The van der Waals surface area contributed by atoms with Crippen LogP contribution in [0.15, 0.2) is 16.6 Å². The first-order chi connectivity index (χ1) is 9.37. The molecule has 1 aromatic carbocycles. The van der Waals surface area contributed by atoms with Gasteiger partial charge >= 0.3 is 0 Å². The lowest BCUT2D eigenvalue weighted by atomic mass is 10.1. The van der Waals surface area contributed by atoms with Gasteiger partial charge in [-0.15, -0.1) is 0 Å². The predicted molar refractivity (Wildman–Crippen MR) is 84.7 cm³/mol. The van der Waals surface area contributed by atoms with E-state index in [1.807, 2.05) is 12.1 Å². The van der Waals surface area contributed by atoms with Crippen molar-refractivity contribution >= 4 is 15.9 Å². The Morgan fingerprint density at radius 3 is 2.40 bits per heavy atom. The van der Waals surface area contributed by atoms with Crippen LogP contribution in [-0.2, 0) is 11.3 Å². The molecular weight excluding hydrogens is 322 g/mol. The minimum absolute atomic E-state index is 0.0767. The standard InChI is InChI=1S/C15H24BrNO3/c1-15(2,3)17-10-11-8-12(16)14(13(9-11)19-5)20-7-6-18-4/h8-9,17H,6-7,10H2,1-5H3. The van der Waals surface area contributed by atoms with Crippen LogP contribution in [0.5, 0.6) is 11.5 Å². The molecule has 0 aliphatic rings. The van der Waals surface area contributed by atoms with Gasteiger partial charge < -0.3 is 19.5 Å². The van der Waals surface area contributed by atoms with Gasteiger partial charge in [0.1, 0.15) is 6.61 Å². The van der Waals surface area contributed by atoms with E-state index in [4.69, 9.17) is 14.2 Å². The first-order valence-electron chi connectivity index (χ1n) is 6.60. The highest BCUT2D eigenvalue weighted by Crippen LogP contribution is 2.36. The van der Waals surface area contributed by atoms with Gasteiger partial charge in [-0.2, -0.15) is 0 Å². The molecule has 0 aliphatic heterocycles. The highest BCUT2D eigenvalue weighted by Gasteiger charge is 2.14. The fourth-order valence-corrected chi connectivity index (χ4v) is 2.21. The van der Waals surface area contributed by atoms with Gasteiger partial charge in [-0.05, 0) is 54.4 Å². The van der Waals surface area contributed by atoms with E-state index in [0.717, 1.165) is 22.3 Å². The van der Waals surface area contributed by atoms with Crippen molar-refractivity contribution in [3.05, 3.63) is 22.2 Å². The van der Waals surface area contributed by atoms with Gasteiger partial charge in [-0.1, -0.05) is 0 Å². The van der Waals surface area contributed by atoms with Crippen molar-refractivity contribution in [2.45, 2.75) is 32.9 Å². The second-order valence-corrected chi connectivity index (χ2v) is 6.41. The van der Waals surface area contributed by atoms with Crippen LogP contribution in [0, 0.1) is 0 Å². The average Bonchev–Trinajstić information content (AvgIpc) is 2.37. The zero-order valence-electron chi connectivity index (χ0n) is 12.9. The fraction of sp³-hybridized carbons (Fsp3) is 0.600. The summed E-state index contributed by atoms with van der Waals surface area (Å²) in [5.74, 6) is 1.44. The third-order valence-corrected chi connectivity index (χ3v) is 3.23. The van der Waals surface area contributed by atoms with Crippen molar-refractivity contribution in [3.8, 4) is 11.5 Å². The number of ether oxygens (including phenoxy) is 3. The maximum atomic E-state index is 5.68. The lowest BCUT2D eigenvalue weighted by Gasteiger charge is -2.21. The van der Waals surface area contributed by atoms with E-state index in [1.54, 1.807) is 14.2 Å². The predicted octanol–water partition coefficient (Wildman–Crippen LogP) is 3.37. The van der Waals surface area contributed by atoms with Gasteiger partial charge in [-0.3, -0.25) is 0 Å². The summed E-state index contributed by atoms with van der Waals surface area (Å²) in [6.07, 6.45) is 0. The molecular formula is C15H24BrNO3. The SMILES string of the molecule is COCCOc1c(Br)cc(CNC(C)(C)C)cc1OC.